The molecule has 3 aliphatic rings. The molecule has 3 fully saturated rings. The minimum Gasteiger partial charge on any atom is -0.341 e. The van der Waals surface area contributed by atoms with Crippen molar-refractivity contribution in [2.45, 2.75) is 83.3 Å². The van der Waals surface area contributed by atoms with Crippen molar-refractivity contribution in [3.8, 4) is 22.3 Å². The average molecular weight is 713 g/mol. The highest BCUT2D eigenvalue weighted by Gasteiger charge is 2.30. The molecule has 1 aliphatic carbocycles. The van der Waals surface area contributed by atoms with E-state index in [2.05, 4.69) is 109 Å². The molecule has 6 nitrogen and oxygen atoms in total. The van der Waals surface area contributed by atoms with Gasteiger partial charge in [-0.3, -0.25) is 14.5 Å². The number of benzene rings is 4. The monoisotopic (exact) mass is 712 g/mol. The Balaban J connectivity index is 0.000000182. The molecule has 0 radical (unpaired) electrons. The molecular weight excluding hydrogens is 653 g/mol. The number of amides is 2. The average Bonchev–Trinajstić information content (AvgIpc) is 4.03. The molecule has 4 aromatic carbocycles. The van der Waals surface area contributed by atoms with Gasteiger partial charge < -0.3 is 14.7 Å². The number of carbonyl (C=O) groups is 2. The van der Waals surface area contributed by atoms with Crippen LogP contribution in [-0.2, 0) is 22.4 Å². The molecule has 2 saturated heterocycles. The minimum atomic E-state index is 0.216. The van der Waals surface area contributed by atoms with Gasteiger partial charge >= 0.3 is 0 Å². The van der Waals surface area contributed by atoms with Gasteiger partial charge in [0.25, 0.3) is 0 Å². The largest absolute Gasteiger partial charge is 0.341 e. The van der Waals surface area contributed by atoms with Crippen LogP contribution in [0, 0.1) is 5.92 Å². The summed E-state index contributed by atoms with van der Waals surface area (Å²) in [5.74, 6) is 1.38. The maximum atomic E-state index is 12.8. The predicted molar refractivity (Wildman–Crippen MR) is 219 cm³/mol. The molecule has 0 bridgehead atoms. The summed E-state index contributed by atoms with van der Waals surface area (Å²) in [6.45, 7) is 10.1. The van der Waals surface area contributed by atoms with Gasteiger partial charge in [0.05, 0.1) is 12.8 Å². The van der Waals surface area contributed by atoms with Crippen molar-refractivity contribution in [2.24, 2.45) is 5.92 Å². The van der Waals surface area contributed by atoms with Gasteiger partial charge in [-0.05, 0) is 105 Å². The van der Waals surface area contributed by atoms with Gasteiger partial charge in [-0.1, -0.05) is 109 Å². The lowest BCUT2D eigenvalue weighted by Crippen LogP contribution is -2.50. The van der Waals surface area contributed by atoms with Gasteiger partial charge in [0.15, 0.2) is 0 Å². The normalized spacial score (nSPS) is 19.3. The fraction of sp³-hybridized carbons (Fsp3) is 0.447. The fourth-order valence-electron chi connectivity index (χ4n) is 7.84. The Bertz CT molecular complexity index is 1720. The molecule has 2 aliphatic heterocycles. The Morgan fingerprint density at radius 3 is 1.47 bits per heavy atom. The first-order valence-electron chi connectivity index (χ1n) is 20.0. The first kappa shape index (κ1) is 38.5. The molecule has 0 N–H and O–H groups in total. The van der Waals surface area contributed by atoms with Crippen molar-refractivity contribution in [2.75, 3.05) is 46.8 Å². The molecule has 2 heterocycles. The van der Waals surface area contributed by atoms with E-state index in [-0.39, 0.29) is 11.8 Å². The minimum absolute atomic E-state index is 0.216. The van der Waals surface area contributed by atoms with Gasteiger partial charge in [-0.25, -0.2) is 0 Å². The third-order valence-electron chi connectivity index (χ3n) is 11.6. The van der Waals surface area contributed by atoms with Crippen molar-refractivity contribution >= 4 is 11.8 Å². The number of carbonyl (C=O) groups excluding carboxylic acids is 2. The van der Waals surface area contributed by atoms with Crippen molar-refractivity contribution in [1.29, 1.82) is 0 Å². The van der Waals surface area contributed by atoms with Crippen LogP contribution in [0.2, 0.25) is 0 Å². The van der Waals surface area contributed by atoms with Crippen molar-refractivity contribution in [1.82, 2.24) is 19.6 Å². The third kappa shape index (κ3) is 11.1. The molecule has 280 valence electrons. The summed E-state index contributed by atoms with van der Waals surface area (Å²) < 4.78 is 0. The summed E-state index contributed by atoms with van der Waals surface area (Å²) >= 11 is 0. The Labute approximate surface area is 318 Å². The van der Waals surface area contributed by atoms with E-state index in [0.29, 0.717) is 31.0 Å². The zero-order valence-corrected chi connectivity index (χ0v) is 32.5. The quantitative estimate of drug-likeness (QED) is 0.157. The molecule has 2 amide bonds. The summed E-state index contributed by atoms with van der Waals surface area (Å²) in [7, 11) is 3.96. The second-order valence-electron chi connectivity index (χ2n) is 15.9. The molecule has 2 atom stereocenters. The standard InChI is InChI=1S/C24H30N2O.C23H30N2O/c1-25(23-8-5-15-26(18-23)17-20-9-10-20)24(27)16-19-11-13-22(14-12-19)21-6-3-2-4-7-21;1-18(2)25-15-7-10-22(17-25)24(3)23(26)16-19-11-13-21(14-12-19)20-8-5-4-6-9-20/h2-4,6-7,11-14,20,23H,5,8-10,15-18H2,1H3;4-6,8-9,11-14,18,22H,7,10,15-17H2,1-3H3. The van der Waals surface area contributed by atoms with Crippen LogP contribution in [0.5, 0.6) is 0 Å². The van der Waals surface area contributed by atoms with E-state index >= 15 is 0 Å². The predicted octanol–water partition coefficient (Wildman–Crippen LogP) is 8.46. The van der Waals surface area contributed by atoms with Crippen LogP contribution in [-0.4, -0.2) is 96.4 Å². The Morgan fingerprint density at radius 1 is 0.585 bits per heavy atom. The van der Waals surface area contributed by atoms with Crippen LogP contribution in [0.3, 0.4) is 0 Å². The van der Waals surface area contributed by atoms with E-state index in [1.54, 1.807) is 0 Å². The molecular formula is C47H60N4O2. The lowest BCUT2D eigenvalue weighted by atomic mass is 10.0. The number of rotatable bonds is 11. The van der Waals surface area contributed by atoms with Gasteiger partial charge in [0.1, 0.15) is 0 Å². The van der Waals surface area contributed by atoms with Gasteiger partial charge in [-0.15, -0.1) is 0 Å². The van der Waals surface area contributed by atoms with Crippen LogP contribution >= 0.6 is 0 Å². The zero-order valence-electron chi connectivity index (χ0n) is 32.5. The smallest absolute Gasteiger partial charge is 0.227 e. The highest BCUT2D eigenvalue weighted by atomic mass is 16.2. The number of hydrogen-bond acceptors (Lipinski definition) is 4. The molecule has 0 spiro atoms. The number of piperidine rings is 2. The van der Waals surface area contributed by atoms with Crippen molar-refractivity contribution in [3.05, 3.63) is 120 Å². The second-order valence-corrected chi connectivity index (χ2v) is 15.9. The summed E-state index contributed by atoms with van der Waals surface area (Å²) in [4.78, 5) is 34.6. The van der Waals surface area contributed by atoms with Crippen molar-refractivity contribution < 1.29 is 9.59 Å². The lowest BCUT2D eigenvalue weighted by molar-refractivity contribution is -0.133. The van der Waals surface area contributed by atoms with Crippen LogP contribution in [0.4, 0.5) is 0 Å². The van der Waals surface area contributed by atoms with Gasteiger partial charge in [0.2, 0.25) is 11.8 Å². The summed E-state index contributed by atoms with van der Waals surface area (Å²) in [5, 5.41) is 0. The molecule has 6 heteroatoms. The van der Waals surface area contributed by atoms with E-state index in [1.165, 1.54) is 61.0 Å². The molecule has 2 unspecified atom stereocenters. The van der Waals surface area contributed by atoms with Crippen molar-refractivity contribution in [3.63, 3.8) is 0 Å². The van der Waals surface area contributed by atoms with E-state index in [9.17, 15) is 9.59 Å². The highest BCUT2D eigenvalue weighted by molar-refractivity contribution is 5.80. The summed E-state index contributed by atoms with van der Waals surface area (Å²) in [5.41, 5.74) is 6.98. The molecule has 53 heavy (non-hydrogen) atoms. The first-order chi connectivity index (χ1) is 25.7. The van der Waals surface area contributed by atoms with E-state index in [1.807, 2.05) is 48.2 Å². The Morgan fingerprint density at radius 2 is 1.02 bits per heavy atom. The third-order valence-corrected chi connectivity index (χ3v) is 11.6. The number of likely N-dealkylation sites (N-methyl/N-ethyl adjacent to an activating group) is 2. The molecule has 4 aromatic rings. The molecule has 7 rings (SSSR count). The van der Waals surface area contributed by atoms with E-state index in [4.69, 9.17) is 0 Å². The van der Waals surface area contributed by atoms with E-state index < -0.39 is 0 Å². The first-order valence-corrected chi connectivity index (χ1v) is 20.0. The summed E-state index contributed by atoms with van der Waals surface area (Å²) in [6, 6.07) is 38.8. The second kappa shape index (κ2) is 18.7. The zero-order chi connectivity index (χ0) is 37.2. The summed E-state index contributed by atoms with van der Waals surface area (Å²) in [6.07, 6.45) is 8.39. The maximum absolute atomic E-state index is 12.8. The molecule has 0 aromatic heterocycles. The van der Waals surface area contributed by atoms with Crippen LogP contribution in [0.25, 0.3) is 22.3 Å². The maximum Gasteiger partial charge on any atom is 0.227 e. The molecule has 1 saturated carbocycles. The van der Waals surface area contributed by atoms with Crippen LogP contribution in [0.15, 0.2) is 109 Å². The highest BCUT2D eigenvalue weighted by Crippen LogP contribution is 2.31. The topological polar surface area (TPSA) is 47.1 Å². The lowest BCUT2D eigenvalue weighted by Gasteiger charge is -2.39. The Hall–Kier alpha value is -4.26. The van der Waals surface area contributed by atoms with Crippen LogP contribution in [0.1, 0.15) is 63.5 Å². The number of likely N-dealkylation sites (tertiary alicyclic amines) is 2. The van der Waals surface area contributed by atoms with Gasteiger partial charge in [0, 0.05) is 51.9 Å². The van der Waals surface area contributed by atoms with Gasteiger partial charge in [-0.2, -0.15) is 0 Å². The fourth-order valence-corrected chi connectivity index (χ4v) is 7.84. The van der Waals surface area contributed by atoms with Crippen LogP contribution < -0.4 is 0 Å². The number of nitrogens with zero attached hydrogens (tertiary/aromatic N) is 4. The Kier molecular flexibility index (Phi) is 13.5. The number of hydrogen-bond donors (Lipinski definition) is 0. The van der Waals surface area contributed by atoms with E-state index in [0.717, 1.165) is 49.5 Å². The SMILES string of the molecule is CC(C)N1CCCC(N(C)C(=O)Cc2ccc(-c3ccccc3)cc2)C1.CN(C(=O)Cc1ccc(-c2ccccc2)cc1)C1CCCN(CC2CC2)C1.